The van der Waals surface area contributed by atoms with Crippen LogP contribution in [0.25, 0.3) is 0 Å². The summed E-state index contributed by atoms with van der Waals surface area (Å²) >= 11 is 0. The molecule has 23 heavy (non-hydrogen) atoms. The van der Waals surface area contributed by atoms with Crippen molar-refractivity contribution in [2.75, 3.05) is 5.32 Å². The fraction of sp³-hybridized carbons (Fsp3) is 0.350. The number of para-hydroxylation sites is 3. The summed E-state index contributed by atoms with van der Waals surface area (Å²) in [5, 5.41) is 3.09. The minimum absolute atomic E-state index is 0.154. The molecule has 2 bridgehead atoms. The van der Waals surface area contributed by atoms with Crippen molar-refractivity contribution in [2.45, 2.75) is 25.7 Å². The number of hydrogen-bond acceptors (Lipinski definition) is 2. The van der Waals surface area contributed by atoms with Crippen LogP contribution in [-0.4, -0.2) is 5.91 Å². The van der Waals surface area contributed by atoms with Crippen LogP contribution in [0.4, 0.5) is 5.69 Å². The molecule has 0 heterocycles. The van der Waals surface area contributed by atoms with Crippen molar-refractivity contribution >= 4 is 11.6 Å². The molecule has 3 heteroatoms. The van der Waals surface area contributed by atoms with Crippen LogP contribution in [0.3, 0.4) is 0 Å². The molecule has 0 radical (unpaired) electrons. The first-order chi connectivity index (χ1) is 11.3. The predicted octanol–water partition coefficient (Wildman–Crippen LogP) is 4.85. The Labute approximate surface area is 136 Å². The van der Waals surface area contributed by atoms with Crippen LogP contribution >= 0.6 is 0 Å². The summed E-state index contributed by atoms with van der Waals surface area (Å²) in [5.74, 6) is 3.15. The molecule has 0 aromatic heterocycles. The van der Waals surface area contributed by atoms with Gasteiger partial charge in [0.25, 0.3) is 0 Å². The molecule has 0 saturated heterocycles. The number of amides is 1. The van der Waals surface area contributed by atoms with Crippen molar-refractivity contribution in [2.24, 2.45) is 17.8 Å². The van der Waals surface area contributed by atoms with Gasteiger partial charge in [0.1, 0.15) is 5.75 Å². The summed E-state index contributed by atoms with van der Waals surface area (Å²) in [7, 11) is 0. The first kappa shape index (κ1) is 14.3. The minimum atomic E-state index is 0.154. The molecular formula is C20H21NO2. The van der Waals surface area contributed by atoms with Gasteiger partial charge in [0, 0.05) is 5.92 Å². The van der Waals surface area contributed by atoms with Gasteiger partial charge in [0.2, 0.25) is 5.91 Å². The van der Waals surface area contributed by atoms with Gasteiger partial charge in [0.15, 0.2) is 5.75 Å². The van der Waals surface area contributed by atoms with E-state index in [1.807, 2.05) is 54.6 Å². The van der Waals surface area contributed by atoms with Gasteiger partial charge in [-0.25, -0.2) is 0 Å². The highest BCUT2D eigenvalue weighted by molar-refractivity contribution is 5.94. The molecule has 1 amide bonds. The van der Waals surface area contributed by atoms with Crippen molar-refractivity contribution in [3.63, 3.8) is 0 Å². The Morgan fingerprint density at radius 2 is 1.74 bits per heavy atom. The molecule has 0 aliphatic heterocycles. The van der Waals surface area contributed by atoms with Crippen molar-refractivity contribution in [1.29, 1.82) is 0 Å². The number of benzene rings is 2. The lowest BCUT2D eigenvalue weighted by Gasteiger charge is -2.21. The second-order valence-corrected chi connectivity index (χ2v) is 6.68. The van der Waals surface area contributed by atoms with Gasteiger partial charge < -0.3 is 10.1 Å². The first-order valence-electron chi connectivity index (χ1n) is 8.42. The Hall–Kier alpha value is -2.29. The van der Waals surface area contributed by atoms with Crippen LogP contribution < -0.4 is 10.1 Å². The van der Waals surface area contributed by atoms with E-state index in [0.29, 0.717) is 11.7 Å². The molecule has 3 unspecified atom stereocenters. The average Bonchev–Trinajstić information content (AvgIpc) is 3.21. The van der Waals surface area contributed by atoms with Gasteiger partial charge >= 0.3 is 0 Å². The van der Waals surface area contributed by atoms with Gasteiger partial charge in [-0.15, -0.1) is 0 Å². The van der Waals surface area contributed by atoms with E-state index < -0.39 is 0 Å². The minimum Gasteiger partial charge on any atom is -0.455 e. The van der Waals surface area contributed by atoms with E-state index in [9.17, 15) is 4.79 Å². The van der Waals surface area contributed by atoms with Crippen LogP contribution in [0.15, 0.2) is 54.6 Å². The normalized spacial score (nSPS) is 25.3. The number of fused-ring (bicyclic) bond motifs is 2. The zero-order valence-corrected chi connectivity index (χ0v) is 13.1. The summed E-state index contributed by atoms with van der Waals surface area (Å²) in [6, 6.07) is 17.3. The first-order valence-corrected chi connectivity index (χ1v) is 8.42. The van der Waals surface area contributed by atoms with Gasteiger partial charge in [-0.05, 0) is 55.4 Å². The van der Waals surface area contributed by atoms with E-state index in [2.05, 4.69) is 5.32 Å². The maximum absolute atomic E-state index is 12.6. The van der Waals surface area contributed by atoms with Gasteiger partial charge in [-0.3, -0.25) is 4.79 Å². The van der Waals surface area contributed by atoms with E-state index in [-0.39, 0.29) is 11.8 Å². The Morgan fingerprint density at radius 3 is 2.48 bits per heavy atom. The maximum atomic E-state index is 12.6. The van der Waals surface area contributed by atoms with E-state index in [4.69, 9.17) is 4.74 Å². The number of hydrogen-bond donors (Lipinski definition) is 1. The smallest absolute Gasteiger partial charge is 0.227 e. The van der Waals surface area contributed by atoms with E-state index in [1.165, 1.54) is 19.3 Å². The monoisotopic (exact) mass is 307 g/mol. The Kier molecular flexibility index (Phi) is 3.78. The number of anilines is 1. The lowest BCUT2D eigenvalue weighted by Crippen LogP contribution is -2.27. The fourth-order valence-electron chi connectivity index (χ4n) is 4.07. The van der Waals surface area contributed by atoms with E-state index in [0.717, 1.165) is 23.8 Å². The van der Waals surface area contributed by atoms with Crippen LogP contribution in [-0.2, 0) is 4.79 Å². The SMILES string of the molecule is O=C(Nc1ccccc1Oc1ccccc1)C1CC2CCC1C2. The third-order valence-electron chi connectivity index (χ3n) is 5.19. The summed E-state index contributed by atoms with van der Waals surface area (Å²) in [6.07, 6.45) is 4.81. The number of rotatable bonds is 4. The zero-order valence-electron chi connectivity index (χ0n) is 13.1. The molecular weight excluding hydrogens is 286 g/mol. The molecule has 2 aromatic rings. The van der Waals surface area contributed by atoms with Gasteiger partial charge in [0.05, 0.1) is 5.69 Å². The molecule has 2 aromatic carbocycles. The largest absolute Gasteiger partial charge is 0.455 e. The molecule has 2 saturated carbocycles. The molecule has 4 rings (SSSR count). The lowest BCUT2D eigenvalue weighted by molar-refractivity contribution is -0.121. The van der Waals surface area contributed by atoms with Gasteiger partial charge in [-0.1, -0.05) is 36.8 Å². The molecule has 3 atom stereocenters. The van der Waals surface area contributed by atoms with E-state index in [1.54, 1.807) is 0 Å². The number of ether oxygens (including phenoxy) is 1. The third-order valence-corrected chi connectivity index (χ3v) is 5.19. The molecule has 0 spiro atoms. The molecule has 3 nitrogen and oxygen atoms in total. The van der Waals surface area contributed by atoms with Crippen molar-refractivity contribution in [3.8, 4) is 11.5 Å². The Balaban J connectivity index is 1.49. The summed E-state index contributed by atoms with van der Waals surface area (Å²) < 4.78 is 5.92. The van der Waals surface area contributed by atoms with Gasteiger partial charge in [-0.2, -0.15) is 0 Å². The molecule has 2 aliphatic carbocycles. The maximum Gasteiger partial charge on any atom is 0.227 e. The molecule has 2 aliphatic rings. The third kappa shape index (κ3) is 2.96. The Bertz CT molecular complexity index is 698. The second-order valence-electron chi connectivity index (χ2n) is 6.68. The number of nitrogens with one attached hydrogen (secondary N) is 1. The standard InChI is InChI=1S/C20H21NO2/c22-20(17-13-14-10-11-15(17)12-14)21-18-8-4-5-9-19(18)23-16-6-2-1-3-7-16/h1-9,14-15,17H,10-13H2,(H,21,22). The topological polar surface area (TPSA) is 38.3 Å². The Morgan fingerprint density at radius 1 is 0.957 bits per heavy atom. The summed E-state index contributed by atoms with van der Waals surface area (Å²) in [6.45, 7) is 0. The number of carbonyl (C=O) groups excluding carboxylic acids is 1. The molecule has 2 fully saturated rings. The van der Waals surface area contributed by atoms with E-state index >= 15 is 0 Å². The highest BCUT2D eigenvalue weighted by Gasteiger charge is 2.43. The van der Waals surface area contributed by atoms with Crippen LogP contribution in [0, 0.1) is 17.8 Å². The number of carbonyl (C=O) groups is 1. The van der Waals surface area contributed by atoms with Crippen molar-refractivity contribution in [1.82, 2.24) is 0 Å². The van der Waals surface area contributed by atoms with Crippen molar-refractivity contribution in [3.05, 3.63) is 54.6 Å². The lowest BCUT2D eigenvalue weighted by atomic mass is 9.88. The van der Waals surface area contributed by atoms with Crippen LogP contribution in [0.1, 0.15) is 25.7 Å². The van der Waals surface area contributed by atoms with Crippen molar-refractivity contribution < 1.29 is 9.53 Å². The summed E-state index contributed by atoms with van der Waals surface area (Å²) in [5.41, 5.74) is 0.754. The highest BCUT2D eigenvalue weighted by Crippen LogP contribution is 2.48. The fourth-order valence-corrected chi connectivity index (χ4v) is 4.07. The quantitative estimate of drug-likeness (QED) is 0.876. The summed E-state index contributed by atoms with van der Waals surface area (Å²) in [4.78, 5) is 12.6. The molecule has 118 valence electrons. The average molecular weight is 307 g/mol. The van der Waals surface area contributed by atoms with Crippen LogP contribution in [0.5, 0.6) is 11.5 Å². The second kappa shape index (κ2) is 6.07. The van der Waals surface area contributed by atoms with Crippen LogP contribution in [0.2, 0.25) is 0 Å². The zero-order chi connectivity index (χ0) is 15.6. The molecule has 1 N–H and O–H groups in total. The highest BCUT2D eigenvalue weighted by atomic mass is 16.5. The predicted molar refractivity (Wildman–Crippen MR) is 90.5 cm³/mol.